The van der Waals surface area contributed by atoms with E-state index < -0.39 is 11.0 Å². The van der Waals surface area contributed by atoms with Gasteiger partial charge in [-0.2, -0.15) is 0 Å². The van der Waals surface area contributed by atoms with Crippen molar-refractivity contribution in [3.05, 3.63) is 46.5 Å². The minimum atomic E-state index is -1.46. The summed E-state index contributed by atoms with van der Waals surface area (Å²) in [6.07, 6.45) is 2.37. The number of aliphatic hydroxyl groups is 1. The van der Waals surface area contributed by atoms with Crippen molar-refractivity contribution in [1.29, 1.82) is 0 Å². The fourth-order valence-electron chi connectivity index (χ4n) is 3.01. The van der Waals surface area contributed by atoms with Crippen LogP contribution in [0.4, 0.5) is 0 Å². The lowest BCUT2D eigenvalue weighted by Crippen LogP contribution is -2.51. The molecule has 20 heavy (non-hydrogen) atoms. The first kappa shape index (κ1) is 14.1. The zero-order valence-electron chi connectivity index (χ0n) is 10.8. The number of carbonyl (C=O) groups excluding carboxylic acids is 1. The number of rotatable bonds is 2. The van der Waals surface area contributed by atoms with Gasteiger partial charge >= 0.3 is 0 Å². The van der Waals surface area contributed by atoms with E-state index in [1.54, 1.807) is 11.0 Å². The maximum atomic E-state index is 12.5. The molecule has 0 unspecified atom stereocenters. The van der Waals surface area contributed by atoms with Crippen LogP contribution in [0.25, 0.3) is 0 Å². The summed E-state index contributed by atoms with van der Waals surface area (Å²) in [6.45, 7) is 1.05. The van der Waals surface area contributed by atoms with Crippen molar-refractivity contribution in [2.45, 2.75) is 23.9 Å². The van der Waals surface area contributed by atoms with Gasteiger partial charge < -0.3 is 10.0 Å². The zero-order valence-corrected chi connectivity index (χ0v) is 13.1. The van der Waals surface area contributed by atoms with Crippen LogP contribution in [0.2, 0.25) is 0 Å². The smallest absolute Gasteiger partial charge is 0.257 e. The molecule has 1 amide bonds. The number of hydrogen-bond acceptors (Lipinski definition) is 2. The number of likely N-dealkylation sites (tertiary alicyclic amines) is 1. The van der Waals surface area contributed by atoms with E-state index >= 15 is 0 Å². The van der Waals surface area contributed by atoms with E-state index in [2.05, 4.69) is 15.9 Å². The Bertz CT molecular complexity index is 562. The van der Waals surface area contributed by atoms with E-state index in [1.165, 1.54) is 0 Å². The van der Waals surface area contributed by atoms with Crippen molar-refractivity contribution >= 4 is 33.4 Å². The number of alkyl halides is 1. The van der Waals surface area contributed by atoms with E-state index in [9.17, 15) is 9.90 Å². The fraction of sp³-hybridized carbons (Fsp3) is 0.400. The highest BCUT2D eigenvalue weighted by molar-refractivity contribution is 9.11. The topological polar surface area (TPSA) is 40.5 Å². The van der Waals surface area contributed by atoms with E-state index in [0.29, 0.717) is 19.5 Å². The predicted octanol–water partition coefficient (Wildman–Crippen LogP) is 2.67. The Morgan fingerprint density at radius 2 is 2.10 bits per heavy atom. The Hall–Kier alpha value is -0.840. The van der Waals surface area contributed by atoms with E-state index in [4.69, 9.17) is 11.6 Å². The summed E-state index contributed by atoms with van der Waals surface area (Å²) in [6, 6.07) is 9.79. The highest BCUT2D eigenvalue weighted by atomic mass is 79.9. The van der Waals surface area contributed by atoms with Crippen LogP contribution in [-0.4, -0.2) is 33.4 Å². The van der Waals surface area contributed by atoms with Crippen LogP contribution in [0, 0.1) is 5.92 Å². The van der Waals surface area contributed by atoms with Crippen molar-refractivity contribution in [1.82, 2.24) is 4.90 Å². The molecule has 3 nitrogen and oxygen atoms in total. The second-order valence-electron chi connectivity index (χ2n) is 5.41. The predicted molar refractivity (Wildman–Crippen MR) is 81.6 cm³/mol. The van der Waals surface area contributed by atoms with E-state index in [-0.39, 0.29) is 11.8 Å². The van der Waals surface area contributed by atoms with Gasteiger partial charge in [-0.15, -0.1) is 11.6 Å². The summed E-state index contributed by atoms with van der Waals surface area (Å²) in [5.41, 5.74) is -0.408. The van der Waals surface area contributed by atoms with Gasteiger partial charge in [0.05, 0.1) is 5.38 Å². The average Bonchev–Trinajstić information content (AvgIpc) is 2.66. The Balaban J connectivity index is 1.84. The Kier molecular flexibility index (Phi) is 3.65. The summed E-state index contributed by atoms with van der Waals surface area (Å²) < 4.78 is 0.960. The lowest BCUT2D eigenvalue weighted by Gasteiger charge is -2.33. The molecule has 0 radical (unpaired) electrons. The maximum Gasteiger partial charge on any atom is 0.257 e. The van der Waals surface area contributed by atoms with Gasteiger partial charge in [0, 0.05) is 19.0 Å². The number of fused-ring (bicyclic) bond motifs is 1. The molecule has 0 spiro atoms. The number of carbonyl (C=O) groups is 1. The molecule has 1 aliphatic heterocycles. The van der Waals surface area contributed by atoms with Crippen molar-refractivity contribution in [2.24, 2.45) is 5.92 Å². The quantitative estimate of drug-likeness (QED) is 0.828. The molecule has 3 rings (SSSR count). The highest BCUT2D eigenvalue weighted by Gasteiger charge is 2.58. The van der Waals surface area contributed by atoms with Gasteiger partial charge in [-0.25, -0.2) is 0 Å². The van der Waals surface area contributed by atoms with E-state index in [0.717, 1.165) is 10.0 Å². The normalized spacial score (nSPS) is 33.0. The van der Waals surface area contributed by atoms with Crippen LogP contribution in [-0.2, 0) is 11.3 Å². The van der Waals surface area contributed by atoms with Gasteiger partial charge in [-0.05, 0) is 16.5 Å². The highest BCUT2D eigenvalue weighted by Crippen LogP contribution is 2.44. The first-order valence-electron chi connectivity index (χ1n) is 6.57. The number of amides is 1. The molecule has 1 aliphatic carbocycles. The molecule has 0 bridgehead atoms. The fourth-order valence-corrected chi connectivity index (χ4v) is 4.24. The Morgan fingerprint density at radius 1 is 1.40 bits per heavy atom. The summed E-state index contributed by atoms with van der Waals surface area (Å²) in [4.78, 5) is 14.2. The first-order chi connectivity index (χ1) is 9.51. The number of halogens is 2. The lowest BCUT2D eigenvalue weighted by molar-refractivity contribution is -0.145. The number of allylic oxidation sites excluding steroid dienone is 1. The van der Waals surface area contributed by atoms with Gasteiger partial charge in [-0.1, -0.05) is 52.3 Å². The molecule has 2 aliphatic rings. The standard InChI is InChI=1S/C15H15BrClNO2/c16-12-6-11-9-18(8-10-4-2-1-3-5-10)14(19)15(11,20)13(17)7-12/h1-5,7,11,13,20H,6,8-9H2/t11-,13-,15+/m1/s1. The van der Waals surface area contributed by atoms with Gasteiger partial charge in [0.1, 0.15) is 0 Å². The van der Waals surface area contributed by atoms with Gasteiger partial charge in [0.15, 0.2) is 5.60 Å². The molecule has 1 saturated heterocycles. The molecule has 1 N–H and O–H groups in total. The Morgan fingerprint density at radius 3 is 2.80 bits per heavy atom. The summed E-state index contributed by atoms with van der Waals surface area (Å²) in [7, 11) is 0. The minimum absolute atomic E-state index is 0.152. The third-order valence-electron chi connectivity index (χ3n) is 4.10. The number of benzene rings is 1. The number of hydrogen-bond donors (Lipinski definition) is 1. The molecular formula is C15H15BrClNO2. The van der Waals surface area contributed by atoms with Gasteiger partial charge in [0.2, 0.25) is 0 Å². The molecule has 5 heteroatoms. The van der Waals surface area contributed by atoms with Crippen LogP contribution in [0.5, 0.6) is 0 Å². The third kappa shape index (κ3) is 2.20. The molecule has 1 heterocycles. The Labute approximate surface area is 131 Å². The summed E-state index contributed by atoms with van der Waals surface area (Å²) >= 11 is 9.64. The van der Waals surface area contributed by atoms with Crippen molar-refractivity contribution in [3.8, 4) is 0 Å². The summed E-state index contributed by atoms with van der Waals surface area (Å²) in [5.74, 6) is -0.414. The monoisotopic (exact) mass is 355 g/mol. The molecule has 1 fully saturated rings. The zero-order chi connectivity index (χ0) is 14.3. The minimum Gasteiger partial charge on any atom is -0.378 e. The SMILES string of the molecule is O=C1N(Cc2ccccc2)C[C@H]2CC(Br)=C[C@@H](Cl)[C@]12O. The molecule has 1 aromatic rings. The second kappa shape index (κ2) is 5.17. The van der Waals surface area contributed by atoms with Crippen molar-refractivity contribution < 1.29 is 9.90 Å². The van der Waals surface area contributed by atoms with E-state index in [1.807, 2.05) is 30.3 Å². The molecule has 3 atom stereocenters. The number of nitrogens with zero attached hydrogens (tertiary/aromatic N) is 1. The molecule has 0 aromatic heterocycles. The molecule has 0 saturated carbocycles. The second-order valence-corrected chi connectivity index (χ2v) is 6.90. The lowest BCUT2D eigenvalue weighted by atomic mass is 9.81. The van der Waals surface area contributed by atoms with Crippen LogP contribution >= 0.6 is 27.5 Å². The van der Waals surface area contributed by atoms with Gasteiger partial charge in [-0.3, -0.25) is 4.79 Å². The largest absolute Gasteiger partial charge is 0.378 e. The van der Waals surface area contributed by atoms with Crippen LogP contribution in [0.3, 0.4) is 0 Å². The summed E-state index contributed by atoms with van der Waals surface area (Å²) in [5, 5.41) is 10.0. The maximum absolute atomic E-state index is 12.5. The average molecular weight is 357 g/mol. The van der Waals surface area contributed by atoms with Crippen LogP contribution in [0.15, 0.2) is 40.9 Å². The molecular weight excluding hydrogens is 342 g/mol. The molecule has 106 valence electrons. The van der Waals surface area contributed by atoms with Crippen molar-refractivity contribution in [2.75, 3.05) is 6.54 Å². The van der Waals surface area contributed by atoms with Crippen LogP contribution < -0.4 is 0 Å². The molecule has 1 aromatic carbocycles. The van der Waals surface area contributed by atoms with Crippen LogP contribution in [0.1, 0.15) is 12.0 Å². The van der Waals surface area contributed by atoms with Crippen molar-refractivity contribution in [3.63, 3.8) is 0 Å². The van der Waals surface area contributed by atoms with Gasteiger partial charge in [0.25, 0.3) is 5.91 Å². The first-order valence-corrected chi connectivity index (χ1v) is 7.80. The third-order valence-corrected chi connectivity index (χ3v) is 5.15.